The third-order valence-corrected chi connectivity index (χ3v) is 2.78. The van der Waals surface area contributed by atoms with Gasteiger partial charge >= 0.3 is 5.97 Å². The zero-order valence-electron chi connectivity index (χ0n) is 9.02. The van der Waals surface area contributed by atoms with Gasteiger partial charge in [0.1, 0.15) is 5.69 Å². The van der Waals surface area contributed by atoms with E-state index in [0.717, 1.165) is 0 Å². The highest BCUT2D eigenvalue weighted by atomic mass is 16.4. The number of carbonyl (C=O) groups excluding carboxylic acids is 1. The van der Waals surface area contributed by atoms with Crippen LogP contribution in [0.25, 0.3) is 10.9 Å². The summed E-state index contributed by atoms with van der Waals surface area (Å²) in [6.07, 6.45) is 1.31. The first kappa shape index (κ1) is 10.3. The lowest BCUT2D eigenvalue weighted by molar-refractivity contribution is 0.0691. The Morgan fingerprint density at radius 2 is 2.17 bits per heavy atom. The third kappa shape index (κ3) is 1.27. The number of carbonyl (C=O) groups is 2. The highest BCUT2D eigenvalue weighted by Crippen LogP contribution is 2.28. The quantitative estimate of drug-likeness (QED) is 0.546. The predicted molar refractivity (Wildman–Crippen MR) is 64.7 cm³/mol. The normalized spacial score (nSPS) is 13.4. The summed E-state index contributed by atoms with van der Waals surface area (Å²) in [5.74, 6) is -1.54. The van der Waals surface area contributed by atoms with Crippen molar-refractivity contribution in [1.29, 1.82) is 0 Å². The van der Waals surface area contributed by atoms with Crippen molar-refractivity contribution in [2.24, 2.45) is 5.10 Å². The molecule has 7 nitrogen and oxygen atoms in total. The Hall–Kier alpha value is -2.83. The Morgan fingerprint density at radius 1 is 1.39 bits per heavy atom. The first-order chi connectivity index (χ1) is 8.58. The van der Waals surface area contributed by atoms with Crippen LogP contribution in [0.3, 0.4) is 0 Å². The summed E-state index contributed by atoms with van der Waals surface area (Å²) in [6, 6.07) is 3.08. The number of aromatic nitrogens is 1. The van der Waals surface area contributed by atoms with Gasteiger partial charge in [-0.2, -0.15) is 5.10 Å². The van der Waals surface area contributed by atoms with Crippen LogP contribution in [0.4, 0.5) is 5.69 Å². The highest BCUT2D eigenvalue weighted by molar-refractivity contribution is 6.18. The van der Waals surface area contributed by atoms with Gasteiger partial charge in [0.2, 0.25) is 0 Å². The van der Waals surface area contributed by atoms with Gasteiger partial charge in [0.05, 0.1) is 11.8 Å². The van der Waals surface area contributed by atoms with E-state index in [0.29, 0.717) is 27.7 Å². The molecule has 1 aromatic carbocycles. The number of aromatic amines is 1. The van der Waals surface area contributed by atoms with E-state index in [1.165, 1.54) is 12.3 Å². The van der Waals surface area contributed by atoms with Gasteiger partial charge in [-0.25, -0.2) is 10.2 Å². The minimum atomic E-state index is -1.12. The van der Waals surface area contributed by atoms with Crippen molar-refractivity contribution < 1.29 is 14.7 Å². The first-order valence-electron chi connectivity index (χ1n) is 5.10. The Morgan fingerprint density at radius 3 is 2.89 bits per heavy atom. The maximum absolute atomic E-state index is 11.8. The molecule has 0 bridgehead atoms. The van der Waals surface area contributed by atoms with Crippen LogP contribution >= 0.6 is 0 Å². The molecule has 1 aliphatic heterocycles. The molecule has 0 atom stereocenters. The molecule has 3 rings (SSSR count). The number of carboxylic acids is 1. The number of benzene rings is 1. The Balaban J connectivity index is 2.51. The number of hydrogen-bond acceptors (Lipinski definition) is 4. The molecule has 1 aliphatic rings. The van der Waals surface area contributed by atoms with Gasteiger partial charge in [0.15, 0.2) is 0 Å². The van der Waals surface area contributed by atoms with E-state index in [1.54, 1.807) is 6.07 Å². The van der Waals surface area contributed by atoms with E-state index in [1.807, 2.05) is 0 Å². The van der Waals surface area contributed by atoms with Crippen LogP contribution in [0.1, 0.15) is 26.4 Å². The molecule has 0 unspecified atom stereocenters. The predicted octanol–water partition coefficient (Wildman–Crippen LogP) is 0.526. The minimum absolute atomic E-state index is 0.0166. The molecule has 5 N–H and O–H groups in total. The van der Waals surface area contributed by atoms with Crippen LogP contribution in [-0.2, 0) is 0 Å². The lowest BCUT2D eigenvalue weighted by atomic mass is 10.0. The van der Waals surface area contributed by atoms with E-state index in [4.69, 9.17) is 10.8 Å². The lowest BCUT2D eigenvalue weighted by Gasteiger charge is -2.02. The zero-order valence-corrected chi connectivity index (χ0v) is 9.02. The van der Waals surface area contributed by atoms with Crippen molar-refractivity contribution in [3.63, 3.8) is 0 Å². The number of aromatic carboxylic acids is 1. The molecule has 0 aliphatic carbocycles. The van der Waals surface area contributed by atoms with Crippen LogP contribution in [-0.4, -0.2) is 28.2 Å². The Kier molecular flexibility index (Phi) is 1.91. The molecule has 2 aromatic rings. The number of H-pyrrole nitrogens is 1. The molecule has 0 radical (unpaired) electrons. The molecule has 1 aromatic heterocycles. The van der Waals surface area contributed by atoms with Gasteiger partial charge < -0.3 is 15.8 Å². The van der Waals surface area contributed by atoms with Crippen LogP contribution in [0, 0.1) is 0 Å². The second kappa shape index (κ2) is 3.33. The molecule has 2 heterocycles. The maximum atomic E-state index is 11.8. The van der Waals surface area contributed by atoms with Gasteiger partial charge in [0, 0.05) is 22.2 Å². The summed E-state index contributed by atoms with van der Waals surface area (Å²) >= 11 is 0. The SMILES string of the molecule is Nc1cc2c3c(c(C(=O)O)[nH]c3c1)C=NNC2=O. The van der Waals surface area contributed by atoms with E-state index < -0.39 is 11.9 Å². The fourth-order valence-corrected chi connectivity index (χ4v) is 2.07. The van der Waals surface area contributed by atoms with E-state index >= 15 is 0 Å². The van der Waals surface area contributed by atoms with Gasteiger partial charge in [-0.3, -0.25) is 4.79 Å². The second-order valence-electron chi connectivity index (χ2n) is 3.91. The zero-order chi connectivity index (χ0) is 12.9. The smallest absolute Gasteiger partial charge is 0.353 e. The first-order valence-corrected chi connectivity index (χ1v) is 5.10. The summed E-state index contributed by atoms with van der Waals surface area (Å²) in [6.45, 7) is 0. The molecule has 0 spiro atoms. The molecular weight excluding hydrogens is 236 g/mol. The second-order valence-corrected chi connectivity index (χ2v) is 3.91. The van der Waals surface area contributed by atoms with Gasteiger partial charge in [0.25, 0.3) is 5.91 Å². The number of rotatable bonds is 1. The Labute approximate surface area is 100 Å². The molecule has 7 heteroatoms. The summed E-state index contributed by atoms with van der Waals surface area (Å²) in [5, 5.41) is 13.3. The van der Waals surface area contributed by atoms with E-state index in [2.05, 4.69) is 15.5 Å². The number of anilines is 1. The fraction of sp³-hybridized carbons (Fsp3) is 0. The minimum Gasteiger partial charge on any atom is -0.477 e. The van der Waals surface area contributed by atoms with Crippen LogP contribution in [0.15, 0.2) is 17.2 Å². The summed E-state index contributed by atoms with van der Waals surface area (Å²) in [7, 11) is 0. The average Bonchev–Trinajstić information content (AvgIpc) is 2.58. The topological polar surface area (TPSA) is 121 Å². The van der Waals surface area contributed by atoms with E-state index in [-0.39, 0.29) is 5.69 Å². The van der Waals surface area contributed by atoms with Crippen molar-refractivity contribution in [1.82, 2.24) is 10.4 Å². The van der Waals surface area contributed by atoms with Gasteiger partial charge in [-0.05, 0) is 12.1 Å². The summed E-state index contributed by atoms with van der Waals surface area (Å²) < 4.78 is 0. The van der Waals surface area contributed by atoms with Crippen molar-refractivity contribution in [2.75, 3.05) is 5.73 Å². The van der Waals surface area contributed by atoms with Crippen LogP contribution in [0.2, 0.25) is 0 Å². The lowest BCUT2D eigenvalue weighted by Crippen LogP contribution is -2.16. The number of amides is 1. The third-order valence-electron chi connectivity index (χ3n) is 2.78. The fourth-order valence-electron chi connectivity index (χ4n) is 2.07. The van der Waals surface area contributed by atoms with Crippen LogP contribution in [0.5, 0.6) is 0 Å². The molecule has 90 valence electrons. The number of hydrogen-bond donors (Lipinski definition) is 4. The maximum Gasteiger partial charge on any atom is 0.353 e. The standard InChI is InChI=1S/C11H8N4O3/c12-4-1-5-8-6(3-13-15-10(5)16)9(11(17)18)14-7(8)2-4/h1-3,14H,12H2,(H,15,16)(H,17,18). The molecule has 18 heavy (non-hydrogen) atoms. The average molecular weight is 244 g/mol. The monoisotopic (exact) mass is 244 g/mol. The number of nitrogens with zero attached hydrogens (tertiary/aromatic N) is 1. The van der Waals surface area contributed by atoms with Crippen molar-refractivity contribution in [3.05, 3.63) is 29.0 Å². The summed E-state index contributed by atoms with van der Waals surface area (Å²) in [4.78, 5) is 25.7. The molecule has 0 saturated carbocycles. The largest absolute Gasteiger partial charge is 0.477 e. The van der Waals surface area contributed by atoms with Crippen molar-refractivity contribution >= 4 is 34.7 Å². The highest BCUT2D eigenvalue weighted by Gasteiger charge is 2.23. The van der Waals surface area contributed by atoms with Crippen LogP contribution < -0.4 is 11.2 Å². The van der Waals surface area contributed by atoms with E-state index in [9.17, 15) is 9.59 Å². The molecule has 0 saturated heterocycles. The number of nitrogens with one attached hydrogen (secondary N) is 2. The number of carboxylic acid groups (broad SMARTS) is 1. The number of hydrazone groups is 1. The molecule has 1 amide bonds. The molecule has 0 fully saturated rings. The summed E-state index contributed by atoms with van der Waals surface area (Å²) in [5.41, 5.74) is 9.52. The van der Waals surface area contributed by atoms with Crippen molar-refractivity contribution in [3.8, 4) is 0 Å². The van der Waals surface area contributed by atoms with Crippen molar-refractivity contribution in [2.45, 2.75) is 0 Å². The number of nitrogen functional groups attached to an aromatic ring is 1. The van der Waals surface area contributed by atoms with Gasteiger partial charge in [-0.1, -0.05) is 0 Å². The number of nitrogens with two attached hydrogens (primary N) is 1. The van der Waals surface area contributed by atoms with Gasteiger partial charge in [-0.15, -0.1) is 0 Å². The molecular formula is C11H8N4O3. The Bertz CT molecular complexity index is 729.